The van der Waals surface area contributed by atoms with Gasteiger partial charge in [-0.25, -0.2) is 4.98 Å². The number of hydrogen-bond acceptors (Lipinski definition) is 5. The van der Waals surface area contributed by atoms with Gasteiger partial charge in [-0.2, -0.15) is 9.78 Å². The van der Waals surface area contributed by atoms with Crippen LogP contribution in [0.1, 0.15) is 62.4 Å². The van der Waals surface area contributed by atoms with Crippen molar-refractivity contribution in [3.05, 3.63) is 58.3 Å². The Kier molecular flexibility index (Phi) is 4.92. The summed E-state index contributed by atoms with van der Waals surface area (Å²) in [5.41, 5.74) is 0.637. The fraction of sp³-hybridized carbons (Fsp3) is 0.435. The molecule has 2 aliphatic rings. The highest BCUT2D eigenvalue weighted by molar-refractivity contribution is 5.79. The Balaban J connectivity index is 1.53. The molecule has 0 unspecified atom stereocenters. The molecule has 2 aromatic heterocycles. The number of aromatic nitrogens is 2. The van der Waals surface area contributed by atoms with E-state index >= 15 is 0 Å². The molecule has 0 spiro atoms. The second-order valence-electron chi connectivity index (χ2n) is 8.05. The summed E-state index contributed by atoms with van der Waals surface area (Å²) in [6.07, 6.45) is 9.76. The Morgan fingerprint density at radius 2 is 1.79 bits per heavy atom. The normalized spacial score (nSPS) is 18.3. The minimum atomic E-state index is -0.112. The van der Waals surface area contributed by atoms with Crippen LogP contribution in [0.5, 0.6) is 0 Å². The molecule has 0 bridgehead atoms. The summed E-state index contributed by atoms with van der Waals surface area (Å²) in [5, 5.41) is 5.14. The first-order chi connectivity index (χ1) is 14.3. The van der Waals surface area contributed by atoms with Crippen molar-refractivity contribution in [2.75, 3.05) is 18.0 Å². The lowest BCUT2D eigenvalue weighted by Gasteiger charge is -2.22. The third-order valence-electron chi connectivity index (χ3n) is 6.08. The lowest BCUT2D eigenvalue weighted by atomic mass is 9.88. The second-order valence-corrected chi connectivity index (χ2v) is 8.05. The maximum absolute atomic E-state index is 13.2. The van der Waals surface area contributed by atoms with E-state index in [-0.39, 0.29) is 11.5 Å². The van der Waals surface area contributed by atoms with Gasteiger partial charge in [-0.3, -0.25) is 4.79 Å². The van der Waals surface area contributed by atoms with Gasteiger partial charge < -0.3 is 9.32 Å². The van der Waals surface area contributed by atoms with Crippen LogP contribution in [0.4, 0.5) is 5.88 Å². The zero-order valence-electron chi connectivity index (χ0n) is 16.6. The van der Waals surface area contributed by atoms with Crippen LogP contribution in [0.2, 0.25) is 0 Å². The minimum Gasteiger partial charge on any atom is -0.440 e. The highest BCUT2D eigenvalue weighted by atomic mass is 16.4. The third kappa shape index (κ3) is 3.59. The number of furan rings is 1. The van der Waals surface area contributed by atoms with Crippen molar-refractivity contribution in [1.29, 1.82) is 0 Å². The van der Waals surface area contributed by atoms with E-state index in [4.69, 9.17) is 9.40 Å². The van der Waals surface area contributed by atoms with E-state index in [1.54, 1.807) is 6.21 Å². The lowest BCUT2D eigenvalue weighted by Crippen LogP contribution is -2.25. The summed E-state index contributed by atoms with van der Waals surface area (Å²) in [6.45, 7) is 2.06. The summed E-state index contributed by atoms with van der Waals surface area (Å²) in [4.78, 5) is 20.3. The average molecular weight is 390 g/mol. The van der Waals surface area contributed by atoms with Crippen molar-refractivity contribution in [2.24, 2.45) is 5.10 Å². The van der Waals surface area contributed by atoms with Crippen LogP contribution in [-0.2, 0) is 0 Å². The number of hydrogen-bond donors (Lipinski definition) is 0. The molecule has 29 heavy (non-hydrogen) atoms. The summed E-state index contributed by atoms with van der Waals surface area (Å²) >= 11 is 0. The zero-order valence-corrected chi connectivity index (χ0v) is 16.6. The number of anilines is 1. The molecule has 0 atom stereocenters. The SMILES string of the molecule is O=c1c2ccccc2nc(C2CCCCC2)n1N=Cc1ccc(N2CCCC2)o1. The van der Waals surface area contributed by atoms with Gasteiger partial charge >= 0.3 is 0 Å². The molecule has 1 saturated heterocycles. The van der Waals surface area contributed by atoms with Crippen LogP contribution < -0.4 is 10.5 Å². The smallest absolute Gasteiger partial charge is 0.282 e. The molecule has 2 fully saturated rings. The highest BCUT2D eigenvalue weighted by Gasteiger charge is 2.22. The monoisotopic (exact) mass is 390 g/mol. The van der Waals surface area contributed by atoms with Gasteiger partial charge in [0.2, 0.25) is 0 Å². The van der Waals surface area contributed by atoms with Crippen molar-refractivity contribution in [3.63, 3.8) is 0 Å². The fourth-order valence-electron chi connectivity index (χ4n) is 4.51. The van der Waals surface area contributed by atoms with E-state index in [9.17, 15) is 4.79 Å². The first kappa shape index (κ1) is 18.2. The Hall–Kier alpha value is -2.89. The predicted octanol–water partition coefficient (Wildman–Crippen LogP) is 4.52. The van der Waals surface area contributed by atoms with Gasteiger partial charge in [0.15, 0.2) is 5.88 Å². The summed E-state index contributed by atoms with van der Waals surface area (Å²) in [6, 6.07) is 11.4. The van der Waals surface area contributed by atoms with Crippen LogP contribution in [0.3, 0.4) is 0 Å². The maximum atomic E-state index is 13.2. The predicted molar refractivity (Wildman–Crippen MR) is 115 cm³/mol. The molecule has 0 amide bonds. The Bertz CT molecular complexity index is 1090. The molecule has 0 N–H and O–H groups in total. The van der Waals surface area contributed by atoms with Crippen LogP contribution in [-0.4, -0.2) is 29.0 Å². The van der Waals surface area contributed by atoms with Crippen LogP contribution in [0.15, 0.2) is 50.7 Å². The topological polar surface area (TPSA) is 63.6 Å². The summed E-state index contributed by atoms with van der Waals surface area (Å²) in [5.74, 6) is 2.58. The van der Waals surface area contributed by atoms with Gasteiger partial charge in [-0.05, 0) is 43.9 Å². The molecule has 0 radical (unpaired) electrons. The van der Waals surface area contributed by atoms with Crippen molar-refractivity contribution in [2.45, 2.75) is 50.9 Å². The second kappa shape index (κ2) is 7.85. The largest absolute Gasteiger partial charge is 0.440 e. The Morgan fingerprint density at radius 3 is 2.62 bits per heavy atom. The van der Waals surface area contributed by atoms with Crippen molar-refractivity contribution < 1.29 is 4.42 Å². The molecule has 3 aromatic rings. The molecule has 1 aliphatic heterocycles. The highest BCUT2D eigenvalue weighted by Crippen LogP contribution is 2.31. The summed E-state index contributed by atoms with van der Waals surface area (Å²) < 4.78 is 7.44. The van der Waals surface area contributed by atoms with E-state index in [2.05, 4.69) is 10.0 Å². The van der Waals surface area contributed by atoms with Gasteiger partial charge in [-0.15, -0.1) is 0 Å². The van der Waals surface area contributed by atoms with E-state index in [0.717, 1.165) is 43.2 Å². The van der Waals surface area contributed by atoms with E-state index in [0.29, 0.717) is 11.1 Å². The average Bonchev–Trinajstić information content (AvgIpc) is 3.46. The van der Waals surface area contributed by atoms with Crippen LogP contribution in [0.25, 0.3) is 10.9 Å². The standard InChI is InChI=1S/C23H26N4O2/c28-23-19-10-4-5-11-20(19)25-22(17-8-2-1-3-9-17)27(23)24-16-18-12-13-21(29-18)26-14-6-7-15-26/h4-5,10-13,16-17H,1-3,6-9,14-15H2. The van der Waals surface area contributed by atoms with Crippen molar-refractivity contribution in [1.82, 2.24) is 9.66 Å². The molecule has 1 saturated carbocycles. The van der Waals surface area contributed by atoms with Gasteiger partial charge in [0, 0.05) is 25.1 Å². The maximum Gasteiger partial charge on any atom is 0.282 e. The third-order valence-corrected chi connectivity index (χ3v) is 6.08. The molecular formula is C23H26N4O2. The molecule has 6 heteroatoms. The number of para-hydroxylation sites is 1. The van der Waals surface area contributed by atoms with Crippen LogP contribution >= 0.6 is 0 Å². The number of fused-ring (bicyclic) bond motifs is 1. The molecule has 1 aliphatic carbocycles. The Morgan fingerprint density at radius 1 is 1.00 bits per heavy atom. The fourth-order valence-corrected chi connectivity index (χ4v) is 4.51. The molecule has 1 aromatic carbocycles. The number of benzene rings is 1. The minimum absolute atomic E-state index is 0.112. The number of rotatable bonds is 4. The lowest BCUT2D eigenvalue weighted by molar-refractivity contribution is 0.416. The molecule has 150 valence electrons. The van der Waals surface area contributed by atoms with E-state index in [1.807, 2.05) is 36.4 Å². The first-order valence-corrected chi connectivity index (χ1v) is 10.7. The van der Waals surface area contributed by atoms with Crippen molar-refractivity contribution in [3.8, 4) is 0 Å². The van der Waals surface area contributed by atoms with Gasteiger partial charge in [0.1, 0.15) is 11.6 Å². The quantitative estimate of drug-likeness (QED) is 0.615. The molecule has 5 rings (SSSR count). The van der Waals surface area contributed by atoms with E-state index in [1.165, 1.54) is 36.8 Å². The number of nitrogens with zero attached hydrogens (tertiary/aromatic N) is 4. The van der Waals surface area contributed by atoms with Gasteiger partial charge in [0.05, 0.1) is 17.1 Å². The van der Waals surface area contributed by atoms with Gasteiger partial charge in [-0.1, -0.05) is 31.4 Å². The van der Waals surface area contributed by atoms with Crippen molar-refractivity contribution >= 4 is 23.0 Å². The Labute approximate surface area is 169 Å². The first-order valence-electron chi connectivity index (χ1n) is 10.7. The molecule has 3 heterocycles. The zero-order chi connectivity index (χ0) is 19.6. The van der Waals surface area contributed by atoms with E-state index < -0.39 is 0 Å². The molecular weight excluding hydrogens is 364 g/mol. The van der Waals surface area contributed by atoms with Gasteiger partial charge in [0.25, 0.3) is 5.56 Å². The van der Waals surface area contributed by atoms with Crippen LogP contribution in [0, 0.1) is 0 Å². The molecule has 6 nitrogen and oxygen atoms in total. The summed E-state index contributed by atoms with van der Waals surface area (Å²) in [7, 11) is 0.